The van der Waals surface area contributed by atoms with Crippen molar-refractivity contribution in [2.24, 2.45) is 5.92 Å². The molecule has 0 radical (unpaired) electrons. The maximum atomic E-state index is 11.8. The number of nitrogens with two attached hydrogens (primary N) is 1. The zero-order valence-corrected chi connectivity index (χ0v) is 9.70. The van der Waals surface area contributed by atoms with Crippen LogP contribution >= 0.6 is 0 Å². The van der Waals surface area contributed by atoms with Crippen molar-refractivity contribution in [3.05, 3.63) is 18.3 Å². The molecule has 0 spiro atoms. The van der Waals surface area contributed by atoms with Gasteiger partial charge < -0.3 is 5.73 Å². The monoisotopic (exact) mass is 241 g/mol. The summed E-state index contributed by atoms with van der Waals surface area (Å²) in [5, 5.41) is 0. The van der Waals surface area contributed by atoms with Gasteiger partial charge in [0, 0.05) is 18.8 Å². The summed E-state index contributed by atoms with van der Waals surface area (Å²) in [6, 6.07) is 2.81. The van der Waals surface area contributed by atoms with Crippen LogP contribution < -0.4 is 10.5 Å². The lowest BCUT2D eigenvalue weighted by Gasteiger charge is -2.25. The third-order valence-corrected chi connectivity index (χ3v) is 4.27. The second-order valence-corrected chi connectivity index (χ2v) is 5.83. The van der Waals surface area contributed by atoms with E-state index in [9.17, 15) is 8.42 Å². The van der Waals surface area contributed by atoms with Crippen LogP contribution in [0.5, 0.6) is 0 Å². The molecule has 1 aliphatic carbocycles. The Kier molecular flexibility index (Phi) is 3.11. The third kappa shape index (κ3) is 2.51. The Morgan fingerprint density at radius 3 is 2.81 bits per heavy atom. The molecule has 3 N–H and O–H groups in total. The minimum atomic E-state index is -3.42. The average Bonchev–Trinajstić information content (AvgIpc) is 2.15. The van der Waals surface area contributed by atoms with Gasteiger partial charge in [-0.2, -0.15) is 0 Å². The van der Waals surface area contributed by atoms with Crippen LogP contribution in [-0.4, -0.2) is 19.9 Å². The predicted octanol–water partition coefficient (Wildman–Crippen LogP) is 0.742. The number of aromatic nitrogens is 1. The van der Waals surface area contributed by atoms with Crippen LogP contribution in [0, 0.1) is 5.92 Å². The quantitative estimate of drug-likeness (QED) is 0.814. The Morgan fingerprint density at radius 1 is 1.50 bits per heavy atom. The summed E-state index contributed by atoms with van der Waals surface area (Å²) in [6.45, 7) is 0.518. The smallest absolute Gasteiger partial charge is 0.240 e. The predicted molar refractivity (Wildman–Crippen MR) is 61.2 cm³/mol. The zero-order chi connectivity index (χ0) is 11.6. The molecular formula is C10H15N3O2S. The summed E-state index contributed by atoms with van der Waals surface area (Å²) in [7, 11) is -3.42. The summed E-state index contributed by atoms with van der Waals surface area (Å²) < 4.78 is 26.3. The van der Waals surface area contributed by atoms with Gasteiger partial charge in [0.25, 0.3) is 0 Å². The van der Waals surface area contributed by atoms with Gasteiger partial charge in [0.2, 0.25) is 10.0 Å². The van der Waals surface area contributed by atoms with Crippen molar-refractivity contribution in [1.82, 2.24) is 9.71 Å². The Labute approximate surface area is 95.1 Å². The average molecular weight is 241 g/mol. The number of hydrogen-bond acceptors (Lipinski definition) is 4. The lowest BCUT2D eigenvalue weighted by Crippen LogP contribution is -2.32. The molecule has 1 aromatic rings. The summed E-state index contributed by atoms with van der Waals surface area (Å²) in [5.74, 6) is 0.709. The van der Waals surface area contributed by atoms with Crippen LogP contribution in [0.1, 0.15) is 19.3 Å². The Hall–Kier alpha value is -1.14. The summed E-state index contributed by atoms with van der Waals surface area (Å²) in [4.78, 5) is 3.94. The van der Waals surface area contributed by atoms with E-state index in [0.717, 1.165) is 12.8 Å². The largest absolute Gasteiger partial charge is 0.384 e. The molecule has 0 saturated heterocycles. The highest BCUT2D eigenvalue weighted by Crippen LogP contribution is 2.25. The Balaban J connectivity index is 2.05. The van der Waals surface area contributed by atoms with Gasteiger partial charge in [-0.05, 0) is 24.8 Å². The van der Waals surface area contributed by atoms with E-state index in [0.29, 0.717) is 12.5 Å². The molecule has 16 heavy (non-hydrogen) atoms. The number of anilines is 1. The number of pyridine rings is 1. The first kappa shape index (κ1) is 11.3. The van der Waals surface area contributed by atoms with E-state index < -0.39 is 10.0 Å². The van der Waals surface area contributed by atoms with Crippen LogP contribution in [0.4, 0.5) is 5.82 Å². The molecule has 0 aromatic carbocycles. The van der Waals surface area contributed by atoms with Gasteiger partial charge in [0.15, 0.2) is 0 Å². The Morgan fingerprint density at radius 2 is 2.25 bits per heavy atom. The summed E-state index contributed by atoms with van der Waals surface area (Å²) in [5.41, 5.74) is 5.45. The molecule has 1 fully saturated rings. The van der Waals surface area contributed by atoms with E-state index in [1.54, 1.807) is 0 Å². The molecule has 88 valence electrons. The topological polar surface area (TPSA) is 85.1 Å². The maximum absolute atomic E-state index is 11.8. The van der Waals surface area contributed by atoms with Crippen molar-refractivity contribution in [2.45, 2.75) is 24.2 Å². The molecule has 0 amide bonds. The van der Waals surface area contributed by atoms with Crippen molar-refractivity contribution in [3.8, 4) is 0 Å². The molecule has 1 saturated carbocycles. The molecule has 1 aliphatic rings. The van der Waals surface area contributed by atoms with Gasteiger partial charge in [-0.25, -0.2) is 18.1 Å². The van der Waals surface area contributed by atoms with Crippen molar-refractivity contribution >= 4 is 15.8 Å². The molecule has 0 atom stereocenters. The number of sulfonamides is 1. The fourth-order valence-corrected chi connectivity index (χ4v) is 2.74. The van der Waals surface area contributed by atoms with E-state index in [1.165, 1.54) is 24.8 Å². The van der Waals surface area contributed by atoms with Crippen molar-refractivity contribution in [1.29, 1.82) is 0 Å². The molecule has 2 rings (SSSR count). The van der Waals surface area contributed by atoms with Gasteiger partial charge >= 0.3 is 0 Å². The maximum Gasteiger partial charge on any atom is 0.240 e. The second kappa shape index (κ2) is 4.39. The molecule has 1 heterocycles. The minimum Gasteiger partial charge on any atom is -0.384 e. The number of rotatable bonds is 4. The number of nitrogens with one attached hydrogen (secondary N) is 1. The lowest BCUT2D eigenvalue weighted by atomic mass is 9.86. The zero-order valence-electron chi connectivity index (χ0n) is 8.89. The van der Waals surface area contributed by atoms with Crippen LogP contribution in [0.3, 0.4) is 0 Å². The minimum absolute atomic E-state index is 0.180. The standard InChI is InChI=1S/C10H15N3O2S/c11-10-6-9(4-5-12-10)16(14,15)13-7-8-2-1-3-8/h4-6,8,13H,1-3,7H2,(H2,11,12). The number of nitrogens with zero attached hydrogens (tertiary/aromatic N) is 1. The van der Waals surface area contributed by atoms with Gasteiger partial charge in [-0.1, -0.05) is 6.42 Å². The lowest BCUT2D eigenvalue weighted by molar-refractivity contribution is 0.316. The highest BCUT2D eigenvalue weighted by molar-refractivity contribution is 7.89. The van der Waals surface area contributed by atoms with E-state index in [1.807, 2.05) is 0 Å². The highest BCUT2D eigenvalue weighted by atomic mass is 32.2. The van der Waals surface area contributed by atoms with Crippen LogP contribution in [0.15, 0.2) is 23.2 Å². The molecule has 0 aliphatic heterocycles. The normalized spacial score (nSPS) is 17.0. The van der Waals surface area contributed by atoms with Crippen LogP contribution in [0.2, 0.25) is 0 Å². The molecule has 0 bridgehead atoms. The van der Waals surface area contributed by atoms with Crippen LogP contribution in [-0.2, 0) is 10.0 Å². The van der Waals surface area contributed by atoms with E-state index in [2.05, 4.69) is 9.71 Å². The Bertz CT molecular complexity index is 469. The van der Waals surface area contributed by atoms with Gasteiger partial charge in [-0.3, -0.25) is 0 Å². The fraction of sp³-hybridized carbons (Fsp3) is 0.500. The van der Waals surface area contributed by atoms with E-state index in [-0.39, 0.29) is 10.7 Å². The highest BCUT2D eigenvalue weighted by Gasteiger charge is 2.21. The van der Waals surface area contributed by atoms with Crippen molar-refractivity contribution in [3.63, 3.8) is 0 Å². The van der Waals surface area contributed by atoms with Crippen LogP contribution in [0.25, 0.3) is 0 Å². The summed E-state index contributed by atoms with van der Waals surface area (Å²) in [6.07, 6.45) is 4.82. The van der Waals surface area contributed by atoms with Crippen molar-refractivity contribution in [2.75, 3.05) is 12.3 Å². The summed E-state index contributed by atoms with van der Waals surface area (Å²) >= 11 is 0. The SMILES string of the molecule is Nc1cc(S(=O)(=O)NCC2CCC2)ccn1. The molecule has 0 unspecified atom stereocenters. The molecule has 6 heteroatoms. The fourth-order valence-electron chi connectivity index (χ4n) is 1.60. The number of hydrogen-bond donors (Lipinski definition) is 2. The first-order valence-corrected chi connectivity index (χ1v) is 6.77. The van der Waals surface area contributed by atoms with Gasteiger partial charge in [-0.15, -0.1) is 0 Å². The molecule has 1 aromatic heterocycles. The second-order valence-electron chi connectivity index (χ2n) is 4.07. The third-order valence-electron chi connectivity index (χ3n) is 2.85. The molecular weight excluding hydrogens is 226 g/mol. The molecule has 5 nitrogen and oxygen atoms in total. The van der Waals surface area contributed by atoms with Gasteiger partial charge in [0.1, 0.15) is 5.82 Å². The van der Waals surface area contributed by atoms with Crippen molar-refractivity contribution < 1.29 is 8.42 Å². The van der Waals surface area contributed by atoms with E-state index in [4.69, 9.17) is 5.73 Å². The number of nitrogen functional groups attached to an aromatic ring is 1. The first-order chi connectivity index (χ1) is 7.58. The van der Waals surface area contributed by atoms with E-state index >= 15 is 0 Å². The first-order valence-electron chi connectivity index (χ1n) is 5.29. The van der Waals surface area contributed by atoms with Gasteiger partial charge in [0.05, 0.1) is 4.90 Å².